The number of hydrogen-bond acceptors (Lipinski definition) is 1. The maximum atomic E-state index is 6.23. The molecule has 0 saturated heterocycles. The molecule has 0 amide bonds. The first-order valence-electron chi connectivity index (χ1n) is 5.51. The molecule has 94 valence electrons. The Morgan fingerprint density at radius 2 is 1.83 bits per heavy atom. The maximum absolute atomic E-state index is 6.23. The van der Waals surface area contributed by atoms with Crippen LogP contribution in [0.3, 0.4) is 0 Å². The Bertz CT molecular complexity index is 542. The van der Waals surface area contributed by atoms with Crippen molar-refractivity contribution in [3.05, 3.63) is 66.7 Å². The number of halogens is 3. The van der Waals surface area contributed by atoms with Gasteiger partial charge in [0.25, 0.3) is 0 Å². The molecule has 4 heteroatoms. The van der Waals surface area contributed by atoms with Gasteiger partial charge in [0, 0.05) is 19.1 Å². The fourth-order valence-electron chi connectivity index (χ4n) is 1.78. The van der Waals surface area contributed by atoms with E-state index in [9.17, 15) is 0 Å². The molecule has 2 N–H and O–H groups in total. The molecule has 1 atom stereocenters. The zero-order valence-corrected chi connectivity index (χ0v) is 14.0. The highest BCUT2D eigenvalue weighted by molar-refractivity contribution is 14.1. The lowest BCUT2D eigenvalue weighted by Crippen LogP contribution is -2.13. The average Bonchev–Trinajstić information content (AvgIpc) is 2.35. The summed E-state index contributed by atoms with van der Waals surface area (Å²) in [7, 11) is 0. The molecule has 0 saturated carbocycles. The topological polar surface area (TPSA) is 26.0 Å². The Morgan fingerprint density at radius 3 is 2.50 bits per heavy atom. The van der Waals surface area contributed by atoms with E-state index in [2.05, 4.69) is 62.8 Å². The molecule has 0 aromatic heterocycles. The predicted molar refractivity (Wildman–Crippen MR) is 88.9 cm³/mol. The van der Waals surface area contributed by atoms with Gasteiger partial charge in [-0.1, -0.05) is 39.7 Å². The van der Waals surface area contributed by atoms with Gasteiger partial charge in [-0.05, 0) is 70.5 Å². The summed E-state index contributed by atoms with van der Waals surface area (Å²) in [6.45, 7) is 0. The molecule has 18 heavy (non-hydrogen) atoms. The van der Waals surface area contributed by atoms with E-state index in [0.29, 0.717) is 0 Å². The van der Waals surface area contributed by atoms with Gasteiger partial charge < -0.3 is 5.73 Å². The number of benzene rings is 2. The molecule has 2 aromatic carbocycles. The molecule has 0 radical (unpaired) electrons. The largest absolute Gasteiger partial charge is 0.324 e. The molecule has 2 aromatic rings. The van der Waals surface area contributed by atoms with Crippen LogP contribution in [-0.2, 0) is 6.42 Å². The SMILES string of the molecule is NC(Cc1ccc(I)cc1)c1cc(Br)ccc1Cl. The molecule has 0 spiro atoms. The van der Waals surface area contributed by atoms with Gasteiger partial charge in [0.15, 0.2) is 0 Å². The molecule has 2 rings (SSSR count). The normalized spacial score (nSPS) is 12.4. The molecule has 0 aliphatic heterocycles. The molecule has 0 aliphatic rings. The molecular formula is C14H12BrClIN. The van der Waals surface area contributed by atoms with Gasteiger partial charge in [0.1, 0.15) is 0 Å². The summed E-state index contributed by atoms with van der Waals surface area (Å²) >= 11 is 11.9. The molecule has 0 heterocycles. The van der Waals surface area contributed by atoms with Gasteiger partial charge in [-0.2, -0.15) is 0 Å². The van der Waals surface area contributed by atoms with Gasteiger partial charge in [0.05, 0.1) is 0 Å². The van der Waals surface area contributed by atoms with E-state index in [1.807, 2.05) is 18.2 Å². The number of nitrogens with two attached hydrogens (primary N) is 1. The monoisotopic (exact) mass is 435 g/mol. The Morgan fingerprint density at radius 1 is 1.17 bits per heavy atom. The first-order chi connectivity index (χ1) is 8.56. The van der Waals surface area contributed by atoms with Gasteiger partial charge in [-0.25, -0.2) is 0 Å². The summed E-state index contributed by atoms with van der Waals surface area (Å²) in [5, 5.41) is 0.719. The second kappa shape index (κ2) is 6.37. The fraction of sp³-hybridized carbons (Fsp3) is 0.143. The van der Waals surface area contributed by atoms with Crippen molar-refractivity contribution in [3.8, 4) is 0 Å². The minimum Gasteiger partial charge on any atom is -0.324 e. The first kappa shape index (κ1) is 14.3. The maximum Gasteiger partial charge on any atom is 0.0454 e. The minimum atomic E-state index is -0.0879. The summed E-state index contributed by atoms with van der Waals surface area (Å²) in [6.07, 6.45) is 0.785. The third-order valence-corrected chi connectivity index (χ3v) is 4.28. The number of rotatable bonds is 3. The Hall–Kier alpha value is -0.100. The predicted octanol–water partition coefficient (Wildman–Crippen LogP) is 4.95. The number of hydrogen-bond donors (Lipinski definition) is 1. The van der Waals surface area contributed by atoms with Crippen molar-refractivity contribution in [3.63, 3.8) is 0 Å². The molecule has 0 fully saturated rings. The van der Waals surface area contributed by atoms with Crippen molar-refractivity contribution < 1.29 is 0 Å². The molecule has 0 aliphatic carbocycles. The van der Waals surface area contributed by atoms with Crippen molar-refractivity contribution >= 4 is 50.1 Å². The lowest BCUT2D eigenvalue weighted by Gasteiger charge is -2.14. The third-order valence-electron chi connectivity index (χ3n) is 2.73. The quantitative estimate of drug-likeness (QED) is 0.677. The molecule has 1 nitrogen and oxygen atoms in total. The highest BCUT2D eigenvalue weighted by atomic mass is 127. The minimum absolute atomic E-state index is 0.0879. The van der Waals surface area contributed by atoms with Crippen molar-refractivity contribution in [1.82, 2.24) is 0 Å². The molecular weight excluding hydrogens is 424 g/mol. The fourth-order valence-corrected chi connectivity index (χ4v) is 2.78. The Labute approximate surface area is 134 Å². The zero-order chi connectivity index (χ0) is 13.1. The zero-order valence-electron chi connectivity index (χ0n) is 9.54. The van der Waals surface area contributed by atoms with Crippen molar-refractivity contribution in [1.29, 1.82) is 0 Å². The average molecular weight is 437 g/mol. The van der Waals surface area contributed by atoms with E-state index in [0.717, 1.165) is 21.5 Å². The van der Waals surface area contributed by atoms with Crippen LogP contribution < -0.4 is 5.73 Å². The van der Waals surface area contributed by atoms with Crippen LogP contribution >= 0.6 is 50.1 Å². The van der Waals surface area contributed by atoms with Crippen LogP contribution in [0, 0.1) is 3.57 Å². The van der Waals surface area contributed by atoms with E-state index in [4.69, 9.17) is 17.3 Å². The lowest BCUT2D eigenvalue weighted by molar-refractivity contribution is 0.721. The van der Waals surface area contributed by atoms with Crippen molar-refractivity contribution in [2.75, 3.05) is 0 Å². The summed E-state index contributed by atoms with van der Waals surface area (Å²) in [4.78, 5) is 0. The Kier molecular flexibility index (Phi) is 5.06. The van der Waals surface area contributed by atoms with Crippen LogP contribution in [0.15, 0.2) is 46.9 Å². The summed E-state index contributed by atoms with van der Waals surface area (Å²) in [5.41, 5.74) is 8.43. The van der Waals surface area contributed by atoms with Gasteiger partial charge in [-0.3, -0.25) is 0 Å². The third kappa shape index (κ3) is 3.70. The van der Waals surface area contributed by atoms with Gasteiger partial charge >= 0.3 is 0 Å². The van der Waals surface area contributed by atoms with Crippen LogP contribution in [0.1, 0.15) is 17.2 Å². The summed E-state index contributed by atoms with van der Waals surface area (Å²) in [6, 6.07) is 14.1. The van der Waals surface area contributed by atoms with Gasteiger partial charge in [0.2, 0.25) is 0 Å². The second-order valence-corrected chi connectivity index (χ2v) is 6.67. The lowest BCUT2D eigenvalue weighted by atomic mass is 10.00. The van der Waals surface area contributed by atoms with Crippen LogP contribution in [-0.4, -0.2) is 0 Å². The molecule has 0 bridgehead atoms. The summed E-state index contributed by atoms with van der Waals surface area (Å²) < 4.78 is 2.23. The smallest absolute Gasteiger partial charge is 0.0454 e. The van der Waals surface area contributed by atoms with Crippen LogP contribution in [0.5, 0.6) is 0 Å². The van der Waals surface area contributed by atoms with E-state index in [1.54, 1.807) is 0 Å². The van der Waals surface area contributed by atoms with Crippen LogP contribution in [0.2, 0.25) is 5.02 Å². The van der Waals surface area contributed by atoms with Crippen LogP contribution in [0.4, 0.5) is 0 Å². The highest BCUT2D eigenvalue weighted by Crippen LogP contribution is 2.27. The van der Waals surface area contributed by atoms with E-state index >= 15 is 0 Å². The van der Waals surface area contributed by atoms with Crippen molar-refractivity contribution in [2.24, 2.45) is 5.73 Å². The standard InChI is InChI=1S/C14H12BrClIN/c15-10-3-6-13(16)12(8-10)14(18)7-9-1-4-11(17)5-2-9/h1-6,8,14H,7,18H2. The van der Waals surface area contributed by atoms with E-state index in [-0.39, 0.29) is 6.04 Å². The van der Waals surface area contributed by atoms with Crippen molar-refractivity contribution in [2.45, 2.75) is 12.5 Å². The van der Waals surface area contributed by atoms with Crippen LogP contribution in [0.25, 0.3) is 0 Å². The highest BCUT2D eigenvalue weighted by Gasteiger charge is 2.11. The Balaban J connectivity index is 2.18. The summed E-state index contributed by atoms with van der Waals surface area (Å²) in [5.74, 6) is 0. The first-order valence-corrected chi connectivity index (χ1v) is 7.76. The van der Waals surface area contributed by atoms with E-state index in [1.165, 1.54) is 9.13 Å². The van der Waals surface area contributed by atoms with E-state index < -0.39 is 0 Å². The second-order valence-electron chi connectivity index (χ2n) is 4.10. The van der Waals surface area contributed by atoms with Gasteiger partial charge in [-0.15, -0.1) is 0 Å². The molecule has 1 unspecified atom stereocenters.